The van der Waals surface area contributed by atoms with Crippen molar-refractivity contribution in [2.75, 3.05) is 0 Å². The molecule has 55 heavy (non-hydrogen) atoms. The molecule has 4 aliphatic rings. The Hall–Kier alpha value is -5.32. The molecule has 4 aliphatic heterocycles. The average Bonchev–Trinajstić information content (AvgIpc) is 3.12. The molecule has 2 aromatic rings. The summed E-state index contributed by atoms with van der Waals surface area (Å²) in [5, 5.41) is 86.9. The molecule has 10 N–H and O–H groups in total. The molecule has 8 atom stereocenters. The van der Waals surface area contributed by atoms with E-state index in [4.69, 9.17) is 0 Å². The maximum Gasteiger partial charge on any atom is 0.349 e. The molecule has 2 radical (unpaired) electrons. The topological polar surface area (TPSA) is 323 Å². The summed E-state index contributed by atoms with van der Waals surface area (Å²) < 4.78 is 2.45. The number of hydrogen-bond acceptors (Lipinski definition) is 16. The van der Waals surface area contributed by atoms with E-state index in [-0.39, 0.29) is 45.1 Å². The van der Waals surface area contributed by atoms with Crippen molar-refractivity contribution >= 4 is 22.1 Å². The van der Waals surface area contributed by atoms with E-state index >= 15 is 0 Å². The number of aliphatic hydroxyl groups is 8. The fourth-order valence-electron chi connectivity index (χ4n) is 6.37. The molecule has 4 heterocycles. The standard InChI is InChI=1S/C35H38N8O12/c1-12-5-16-18(7-14(12)3)42(30-24(36-16)32(52)40-34(54)38-30)10-22(46)28(50)26(48)20(44)9-21(45)27(49)29(51)23(47)11-43-19-8-15(4)13(2)6-17(19)37-25-31(43)39-35(55)41-33(25)53/h5-8,20-23,26-29,44-51H,3-4,9-11H2,1-2H3,(H,40,52,54)(H,41,53,55)/t20?,21?,22-,23-,26+,27+,28-,29-/m1/s1. The van der Waals surface area contributed by atoms with Crippen molar-refractivity contribution in [2.24, 2.45) is 0 Å². The Balaban J connectivity index is 1.18. The van der Waals surface area contributed by atoms with Crippen LogP contribution in [0.1, 0.15) is 28.7 Å². The van der Waals surface area contributed by atoms with E-state index in [0.717, 1.165) is 0 Å². The van der Waals surface area contributed by atoms with Crippen molar-refractivity contribution in [2.45, 2.75) is 82.2 Å². The molecule has 0 amide bonds. The SMILES string of the molecule is [CH2]c1cc2c(cc1C)nc1c(=O)[nH]c(=O)nc-1n2C[C@@H](O)[C@@H](O)[C@@H](O)C(O)CC(O)[C@H](O)[C@H](O)[C@H](O)Cn1c2nc(=O)[nH]c(=O)c-2nc2cc(C)c([CH2])cc21. The van der Waals surface area contributed by atoms with E-state index in [1.807, 2.05) is 9.97 Å². The molecular weight excluding hydrogens is 724 g/mol. The van der Waals surface area contributed by atoms with Crippen LogP contribution in [-0.4, -0.2) is 129 Å². The second-order valence-electron chi connectivity index (χ2n) is 13.5. The summed E-state index contributed by atoms with van der Waals surface area (Å²) in [4.78, 5) is 69.6. The predicted octanol–water partition coefficient (Wildman–Crippen LogP) is -3.56. The number of nitrogens with one attached hydrogen (secondary N) is 2. The van der Waals surface area contributed by atoms with Gasteiger partial charge < -0.3 is 50.0 Å². The first-order chi connectivity index (χ1) is 25.9. The van der Waals surface area contributed by atoms with Crippen LogP contribution >= 0.6 is 0 Å². The summed E-state index contributed by atoms with van der Waals surface area (Å²) in [6, 6.07) is 6.33. The number of benzene rings is 2. The minimum Gasteiger partial charge on any atom is -0.390 e. The van der Waals surface area contributed by atoms with Crippen LogP contribution in [0.15, 0.2) is 43.4 Å². The van der Waals surface area contributed by atoms with Crippen LogP contribution in [0.3, 0.4) is 0 Å². The number of aromatic amines is 2. The van der Waals surface area contributed by atoms with Gasteiger partial charge in [-0.25, -0.2) is 19.6 Å². The molecule has 0 aliphatic carbocycles. The zero-order chi connectivity index (χ0) is 40.2. The quantitative estimate of drug-likeness (QED) is 0.0540. The number of aryl methyl sites for hydroxylation is 2. The molecule has 0 bridgehead atoms. The van der Waals surface area contributed by atoms with Gasteiger partial charge in [-0.05, 0) is 74.2 Å². The molecule has 0 saturated carbocycles. The summed E-state index contributed by atoms with van der Waals surface area (Å²) in [7, 11) is 0. The molecular formula is C35H38N8O12. The summed E-state index contributed by atoms with van der Waals surface area (Å²) >= 11 is 0. The van der Waals surface area contributed by atoms with Gasteiger partial charge in [0.15, 0.2) is 23.0 Å². The van der Waals surface area contributed by atoms with Crippen LogP contribution in [0.2, 0.25) is 0 Å². The highest BCUT2D eigenvalue weighted by atomic mass is 16.4. The number of fused-ring (bicyclic) bond motifs is 4. The first-order valence-corrected chi connectivity index (χ1v) is 16.8. The molecule has 0 aromatic heterocycles. The van der Waals surface area contributed by atoms with Gasteiger partial charge in [0.1, 0.15) is 36.6 Å². The second kappa shape index (κ2) is 15.1. The highest BCUT2D eigenvalue weighted by Crippen LogP contribution is 2.27. The minimum atomic E-state index is -2.17. The number of hydrogen-bond donors (Lipinski definition) is 10. The van der Waals surface area contributed by atoms with Crippen LogP contribution in [-0.2, 0) is 13.1 Å². The van der Waals surface area contributed by atoms with Crippen molar-refractivity contribution < 1.29 is 40.9 Å². The fourth-order valence-corrected chi connectivity index (χ4v) is 6.37. The van der Waals surface area contributed by atoms with E-state index in [9.17, 15) is 60.0 Å². The van der Waals surface area contributed by atoms with E-state index in [1.165, 1.54) is 9.13 Å². The van der Waals surface area contributed by atoms with Gasteiger partial charge in [0, 0.05) is 6.42 Å². The zero-order valence-electron chi connectivity index (χ0n) is 29.4. The van der Waals surface area contributed by atoms with Crippen LogP contribution < -0.4 is 22.5 Å². The van der Waals surface area contributed by atoms with Crippen LogP contribution in [0.25, 0.3) is 45.1 Å². The lowest BCUT2D eigenvalue weighted by Gasteiger charge is -2.32. The monoisotopic (exact) mass is 762 g/mol. The number of nitrogens with zero attached hydrogens (tertiary/aromatic N) is 6. The molecule has 290 valence electrons. The second-order valence-corrected chi connectivity index (χ2v) is 13.5. The molecule has 0 saturated heterocycles. The largest absolute Gasteiger partial charge is 0.390 e. The summed E-state index contributed by atoms with van der Waals surface area (Å²) in [5.74, 6) is -0.499. The third kappa shape index (κ3) is 7.53. The smallest absolute Gasteiger partial charge is 0.349 e. The van der Waals surface area contributed by atoms with Crippen molar-refractivity contribution in [3.63, 3.8) is 0 Å². The molecule has 0 fully saturated rings. The van der Waals surface area contributed by atoms with Crippen molar-refractivity contribution in [1.82, 2.24) is 39.0 Å². The van der Waals surface area contributed by atoms with Crippen molar-refractivity contribution in [3.05, 3.63) is 102 Å². The summed E-state index contributed by atoms with van der Waals surface area (Å²) in [5.41, 5.74) is -0.723. The van der Waals surface area contributed by atoms with E-state index < -0.39 is 90.8 Å². The molecule has 0 spiro atoms. The van der Waals surface area contributed by atoms with Crippen molar-refractivity contribution in [3.8, 4) is 23.0 Å². The van der Waals surface area contributed by atoms with Gasteiger partial charge in [0.2, 0.25) is 0 Å². The van der Waals surface area contributed by atoms with Crippen LogP contribution in [0, 0.1) is 27.7 Å². The third-order valence-corrected chi connectivity index (χ3v) is 9.63. The Bertz CT molecular complexity index is 2410. The Morgan fingerprint density at radius 3 is 1.27 bits per heavy atom. The van der Waals surface area contributed by atoms with Gasteiger partial charge in [0.05, 0.1) is 47.4 Å². The van der Waals surface area contributed by atoms with E-state index in [0.29, 0.717) is 22.3 Å². The normalized spacial score (nSPS) is 16.7. The van der Waals surface area contributed by atoms with Crippen LogP contribution in [0.5, 0.6) is 0 Å². The summed E-state index contributed by atoms with van der Waals surface area (Å²) in [6.45, 7) is 10.2. The molecule has 20 nitrogen and oxygen atoms in total. The molecule has 20 heteroatoms. The van der Waals surface area contributed by atoms with E-state index in [2.05, 4.69) is 33.8 Å². The first kappa shape index (κ1) is 39.4. The van der Waals surface area contributed by atoms with Gasteiger partial charge in [-0.1, -0.05) is 0 Å². The number of rotatable bonds is 12. The van der Waals surface area contributed by atoms with Gasteiger partial charge >= 0.3 is 11.4 Å². The lowest BCUT2D eigenvalue weighted by molar-refractivity contribution is -0.140. The highest BCUT2D eigenvalue weighted by Gasteiger charge is 2.37. The van der Waals surface area contributed by atoms with Gasteiger partial charge in [-0.3, -0.25) is 19.6 Å². The van der Waals surface area contributed by atoms with Gasteiger partial charge in [0.25, 0.3) is 11.1 Å². The lowest BCUT2D eigenvalue weighted by atomic mass is 9.93. The highest BCUT2D eigenvalue weighted by molar-refractivity contribution is 5.82. The third-order valence-electron chi connectivity index (χ3n) is 9.63. The van der Waals surface area contributed by atoms with Crippen molar-refractivity contribution in [1.29, 1.82) is 0 Å². The number of aliphatic hydroxyl groups excluding tert-OH is 8. The van der Waals surface area contributed by atoms with Gasteiger partial charge in [-0.15, -0.1) is 0 Å². The van der Waals surface area contributed by atoms with Crippen LogP contribution in [0.4, 0.5) is 0 Å². The average molecular weight is 763 g/mol. The minimum absolute atomic E-state index is 0.249. The maximum atomic E-state index is 12.6. The Morgan fingerprint density at radius 1 is 0.564 bits per heavy atom. The fraction of sp³-hybridized carbons (Fsp3) is 0.371. The molecule has 6 rings (SSSR count). The maximum absolute atomic E-state index is 12.6. The zero-order valence-corrected chi connectivity index (χ0v) is 29.4. The van der Waals surface area contributed by atoms with Gasteiger partial charge in [-0.2, -0.15) is 9.97 Å². The number of H-pyrrole nitrogens is 2. The van der Waals surface area contributed by atoms with E-state index in [1.54, 1.807) is 38.1 Å². The number of aromatic nitrogens is 8. The predicted molar refractivity (Wildman–Crippen MR) is 193 cm³/mol. The lowest BCUT2D eigenvalue weighted by Crippen LogP contribution is -2.50. The molecule has 2 aromatic carbocycles. The Morgan fingerprint density at radius 2 is 0.909 bits per heavy atom. The first-order valence-electron chi connectivity index (χ1n) is 16.8. The Labute approximate surface area is 309 Å². The molecule has 2 unspecified atom stereocenters. The Kier molecular flexibility index (Phi) is 10.8. The summed E-state index contributed by atoms with van der Waals surface area (Å²) in [6.07, 6.45) is -17.4.